The lowest BCUT2D eigenvalue weighted by Gasteiger charge is -2.40. The van der Waals surface area contributed by atoms with Gasteiger partial charge in [-0.05, 0) is 32.2 Å². The Kier molecular flexibility index (Phi) is 4.17. The van der Waals surface area contributed by atoms with Crippen molar-refractivity contribution in [3.8, 4) is 0 Å². The number of aliphatic carboxylic acids is 1. The van der Waals surface area contributed by atoms with Crippen LogP contribution < -0.4 is 5.32 Å². The number of sulfone groups is 1. The third-order valence-electron chi connectivity index (χ3n) is 4.35. The number of carboxylic acid groups (broad SMARTS) is 1. The van der Waals surface area contributed by atoms with E-state index in [1.54, 1.807) is 0 Å². The predicted octanol–water partition coefficient (Wildman–Crippen LogP) is -0.298. The molecule has 0 radical (unpaired) electrons. The molecule has 1 saturated carbocycles. The minimum absolute atomic E-state index is 0.431. The Morgan fingerprint density at radius 1 is 1.32 bits per heavy atom. The van der Waals surface area contributed by atoms with Crippen molar-refractivity contribution in [2.24, 2.45) is 0 Å². The molecule has 110 valence electrons. The Morgan fingerprint density at radius 2 is 2.05 bits per heavy atom. The molecule has 0 spiro atoms. The van der Waals surface area contributed by atoms with Crippen LogP contribution in [-0.2, 0) is 14.6 Å². The molecule has 0 aromatic carbocycles. The molecule has 0 aromatic heterocycles. The van der Waals surface area contributed by atoms with Crippen molar-refractivity contribution in [2.45, 2.75) is 36.5 Å². The van der Waals surface area contributed by atoms with E-state index in [1.165, 1.54) is 0 Å². The van der Waals surface area contributed by atoms with Gasteiger partial charge in [0.1, 0.15) is 5.54 Å². The smallest absolute Gasteiger partial charge is 0.325 e. The van der Waals surface area contributed by atoms with Gasteiger partial charge in [-0.2, -0.15) is 0 Å². The summed E-state index contributed by atoms with van der Waals surface area (Å²) in [4.78, 5) is 13.7. The second-order valence-corrected chi connectivity index (χ2v) is 7.76. The topological polar surface area (TPSA) is 86.7 Å². The highest BCUT2D eigenvalue weighted by Gasteiger charge is 2.57. The highest BCUT2D eigenvalue weighted by atomic mass is 32.2. The zero-order chi connectivity index (χ0) is 14.1. The van der Waals surface area contributed by atoms with Crippen LogP contribution in [0.1, 0.15) is 25.7 Å². The van der Waals surface area contributed by atoms with E-state index in [1.807, 2.05) is 4.90 Å². The number of hydrogen-bond acceptors (Lipinski definition) is 5. The molecule has 2 unspecified atom stereocenters. The normalized spacial score (nSPS) is 34.1. The standard InChI is InChI=1S/C12H22N2O4S/c1-19(17,18)10-4-2-5-12(10,11(15)16)14-8-3-6-13-7-9-14/h10,13H,2-9H2,1H3,(H,15,16). The van der Waals surface area contributed by atoms with Crippen LogP contribution >= 0.6 is 0 Å². The van der Waals surface area contributed by atoms with Crippen LogP contribution in [0.3, 0.4) is 0 Å². The van der Waals surface area contributed by atoms with Gasteiger partial charge >= 0.3 is 5.97 Å². The van der Waals surface area contributed by atoms with Crippen molar-refractivity contribution in [2.75, 3.05) is 32.4 Å². The molecule has 0 amide bonds. The van der Waals surface area contributed by atoms with Crippen LogP contribution in [0.5, 0.6) is 0 Å². The fourth-order valence-electron chi connectivity index (χ4n) is 3.51. The largest absolute Gasteiger partial charge is 0.480 e. The summed E-state index contributed by atoms with van der Waals surface area (Å²) in [6.45, 7) is 2.81. The summed E-state index contributed by atoms with van der Waals surface area (Å²) in [5.74, 6) is -0.984. The van der Waals surface area contributed by atoms with E-state index in [4.69, 9.17) is 0 Å². The molecule has 2 N–H and O–H groups in total. The van der Waals surface area contributed by atoms with Crippen LogP contribution in [0.25, 0.3) is 0 Å². The van der Waals surface area contributed by atoms with Crippen molar-refractivity contribution in [1.29, 1.82) is 0 Å². The van der Waals surface area contributed by atoms with Crippen molar-refractivity contribution in [3.63, 3.8) is 0 Å². The van der Waals surface area contributed by atoms with Gasteiger partial charge in [-0.25, -0.2) is 8.42 Å². The number of carboxylic acids is 1. The lowest BCUT2D eigenvalue weighted by atomic mass is 9.94. The van der Waals surface area contributed by atoms with Gasteiger partial charge in [0.15, 0.2) is 9.84 Å². The van der Waals surface area contributed by atoms with Crippen molar-refractivity contribution < 1.29 is 18.3 Å². The van der Waals surface area contributed by atoms with E-state index in [0.29, 0.717) is 38.9 Å². The zero-order valence-corrected chi connectivity index (χ0v) is 12.1. The Labute approximate surface area is 114 Å². The second kappa shape index (κ2) is 5.38. The maximum atomic E-state index is 12.0. The van der Waals surface area contributed by atoms with Gasteiger partial charge in [0, 0.05) is 25.9 Å². The molecule has 6 nitrogen and oxygen atoms in total. The van der Waals surface area contributed by atoms with Crippen LogP contribution in [0.2, 0.25) is 0 Å². The third-order valence-corrected chi connectivity index (χ3v) is 6.01. The molecule has 0 aromatic rings. The molecule has 1 aliphatic heterocycles. The minimum atomic E-state index is -3.36. The van der Waals surface area contributed by atoms with E-state index in [0.717, 1.165) is 19.2 Å². The summed E-state index contributed by atoms with van der Waals surface area (Å²) in [6.07, 6.45) is 3.56. The first-order chi connectivity index (χ1) is 8.89. The Hall–Kier alpha value is -0.660. The molecule has 19 heavy (non-hydrogen) atoms. The van der Waals surface area contributed by atoms with E-state index in [2.05, 4.69) is 5.32 Å². The summed E-state index contributed by atoms with van der Waals surface area (Å²) < 4.78 is 24.0. The monoisotopic (exact) mass is 290 g/mol. The quantitative estimate of drug-likeness (QED) is 0.742. The molecule has 1 aliphatic carbocycles. The van der Waals surface area contributed by atoms with Gasteiger partial charge in [-0.3, -0.25) is 9.69 Å². The van der Waals surface area contributed by atoms with Gasteiger partial charge < -0.3 is 10.4 Å². The van der Waals surface area contributed by atoms with E-state index >= 15 is 0 Å². The summed E-state index contributed by atoms with van der Waals surface area (Å²) in [7, 11) is -3.36. The van der Waals surface area contributed by atoms with Gasteiger partial charge in [-0.1, -0.05) is 0 Å². The molecule has 1 saturated heterocycles. The van der Waals surface area contributed by atoms with E-state index < -0.39 is 26.6 Å². The lowest BCUT2D eigenvalue weighted by Crippen LogP contribution is -2.62. The highest BCUT2D eigenvalue weighted by Crippen LogP contribution is 2.40. The van der Waals surface area contributed by atoms with Crippen LogP contribution in [0.4, 0.5) is 0 Å². The first kappa shape index (κ1) is 14.7. The molecule has 7 heteroatoms. The summed E-state index contributed by atoms with van der Waals surface area (Å²) >= 11 is 0. The number of carbonyl (C=O) groups is 1. The molecule has 1 heterocycles. The first-order valence-electron chi connectivity index (χ1n) is 6.77. The molecule has 2 aliphatic rings. The van der Waals surface area contributed by atoms with Crippen molar-refractivity contribution in [3.05, 3.63) is 0 Å². The Morgan fingerprint density at radius 3 is 2.68 bits per heavy atom. The average Bonchev–Trinajstić information content (AvgIpc) is 2.60. The third kappa shape index (κ3) is 2.64. The first-order valence-corrected chi connectivity index (χ1v) is 8.72. The van der Waals surface area contributed by atoms with Crippen molar-refractivity contribution >= 4 is 15.8 Å². The summed E-state index contributed by atoms with van der Waals surface area (Å²) in [6, 6.07) is 0. The van der Waals surface area contributed by atoms with Gasteiger partial charge in [0.25, 0.3) is 0 Å². The van der Waals surface area contributed by atoms with Crippen molar-refractivity contribution in [1.82, 2.24) is 10.2 Å². The number of hydrogen-bond donors (Lipinski definition) is 2. The SMILES string of the molecule is CS(=O)(=O)C1CCCC1(C(=O)O)N1CCCNCC1. The molecule has 2 rings (SSSR count). The summed E-state index contributed by atoms with van der Waals surface area (Å²) in [5.41, 5.74) is -1.22. The number of nitrogens with zero attached hydrogens (tertiary/aromatic N) is 1. The highest BCUT2D eigenvalue weighted by molar-refractivity contribution is 7.91. The van der Waals surface area contributed by atoms with Crippen LogP contribution in [0.15, 0.2) is 0 Å². The molecule has 0 bridgehead atoms. The number of rotatable bonds is 3. The Balaban J connectivity index is 2.38. The predicted molar refractivity (Wildman–Crippen MR) is 71.9 cm³/mol. The molecule has 2 fully saturated rings. The lowest BCUT2D eigenvalue weighted by molar-refractivity contribution is -0.151. The van der Waals surface area contributed by atoms with Gasteiger partial charge in [-0.15, -0.1) is 0 Å². The van der Waals surface area contributed by atoms with Crippen LogP contribution in [0, 0.1) is 0 Å². The average molecular weight is 290 g/mol. The van der Waals surface area contributed by atoms with Crippen LogP contribution in [-0.4, -0.2) is 67.6 Å². The maximum absolute atomic E-state index is 12.0. The summed E-state index contributed by atoms with van der Waals surface area (Å²) in [5, 5.41) is 12.2. The van der Waals surface area contributed by atoms with E-state index in [9.17, 15) is 18.3 Å². The minimum Gasteiger partial charge on any atom is -0.480 e. The fraction of sp³-hybridized carbons (Fsp3) is 0.917. The molecule has 2 atom stereocenters. The molecular weight excluding hydrogens is 268 g/mol. The zero-order valence-electron chi connectivity index (χ0n) is 11.3. The van der Waals surface area contributed by atoms with Gasteiger partial charge in [0.2, 0.25) is 0 Å². The van der Waals surface area contributed by atoms with E-state index in [-0.39, 0.29) is 0 Å². The molecular formula is C12H22N2O4S. The fourth-order valence-corrected chi connectivity index (χ4v) is 5.18. The van der Waals surface area contributed by atoms with Gasteiger partial charge in [0.05, 0.1) is 5.25 Å². The maximum Gasteiger partial charge on any atom is 0.325 e. The number of nitrogens with one attached hydrogen (secondary N) is 1. The second-order valence-electron chi connectivity index (χ2n) is 5.53. The Bertz CT molecular complexity index is 443.